The summed E-state index contributed by atoms with van der Waals surface area (Å²) in [5, 5.41) is 12.4. The van der Waals surface area contributed by atoms with Crippen LogP contribution in [0.1, 0.15) is 45.4 Å². The van der Waals surface area contributed by atoms with Crippen LogP contribution >= 0.6 is 0 Å². The van der Waals surface area contributed by atoms with Gasteiger partial charge in [0.15, 0.2) is 0 Å². The molecule has 1 amide bonds. The Balaban J connectivity index is 1.82. The second-order valence-corrected chi connectivity index (χ2v) is 6.45. The molecule has 5 nitrogen and oxygen atoms in total. The molecule has 2 fully saturated rings. The molecule has 2 unspecified atom stereocenters. The summed E-state index contributed by atoms with van der Waals surface area (Å²) in [4.78, 5) is 14.3. The number of hydrogen-bond donors (Lipinski definition) is 2. The molecular formula is C15H26N4O. The lowest BCUT2D eigenvalue weighted by Gasteiger charge is -2.32. The Hall–Kier alpha value is -1.12. The maximum atomic E-state index is 12.2. The van der Waals surface area contributed by atoms with Crippen LogP contribution in [-0.4, -0.2) is 42.0 Å². The van der Waals surface area contributed by atoms with Gasteiger partial charge in [-0.05, 0) is 38.6 Å². The van der Waals surface area contributed by atoms with Gasteiger partial charge in [-0.15, -0.1) is 0 Å². The molecule has 20 heavy (non-hydrogen) atoms. The summed E-state index contributed by atoms with van der Waals surface area (Å²) in [6.07, 6.45) is 5.87. The fourth-order valence-corrected chi connectivity index (χ4v) is 3.36. The average molecular weight is 278 g/mol. The number of carbonyl (C=O) groups excluding carboxylic acids is 1. The molecule has 0 aromatic carbocycles. The van der Waals surface area contributed by atoms with E-state index in [0.717, 1.165) is 45.2 Å². The predicted molar refractivity (Wildman–Crippen MR) is 77.8 cm³/mol. The van der Waals surface area contributed by atoms with Crippen molar-refractivity contribution in [2.75, 3.05) is 19.6 Å². The molecule has 2 atom stereocenters. The van der Waals surface area contributed by atoms with E-state index in [0.29, 0.717) is 12.5 Å². The predicted octanol–water partition coefficient (Wildman–Crippen LogP) is 0.998. The summed E-state index contributed by atoms with van der Waals surface area (Å²) in [5.41, 5.74) is 5.30. The summed E-state index contributed by atoms with van der Waals surface area (Å²) < 4.78 is 0. The third-order valence-electron chi connectivity index (χ3n) is 4.72. The molecule has 1 heterocycles. The highest BCUT2D eigenvalue weighted by Gasteiger charge is 2.34. The molecule has 3 N–H and O–H groups in total. The van der Waals surface area contributed by atoms with Gasteiger partial charge in [0.2, 0.25) is 5.91 Å². The Morgan fingerprint density at radius 3 is 2.75 bits per heavy atom. The van der Waals surface area contributed by atoms with Crippen molar-refractivity contribution in [3.05, 3.63) is 0 Å². The monoisotopic (exact) mass is 278 g/mol. The van der Waals surface area contributed by atoms with Gasteiger partial charge in [0, 0.05) is 12.6 Å². The lowest BCUT2D eigenvalue weighted by atomic mass is 9.83. The van der Waals surface area contributed by atoms with Gasteiger partial charge in [0.05, 0.1) is 12.6 Å². The molecule has 0 aromatic heterocycles. The summed E-state index contributed by atoms with van der Waals surface area (Å²) >= 11 is 0. The number of nitrogens with zero attached hydrogens (tertiary/aromatic N) is 2. The number of nitrogens with one attached hydrogen (secondary N) is 1. The third kappa shape index (κ3) is 3.71. The maximum absolute atomic E-state index is 12.2. The second-order valence-electron chi connectivity index (χ2n) is 6.45. The quantitative estimate of drug-likeness (QED) is 0.803. The molecule has 0 spiro atoms. The van der Waals surface area contributed by atoms with Gasteiger partial charge < -0.3 is 11.1 Å². The van der Waals surface area contributed by atoms with E-state index in [2.05, 4.69) is 16.3 Å². The highest BCUT2D eigenvalue weighted by molar-refractivity contribution is 5.79. The lowest BCUT2D eigenvalue weighted by molar-refractivity contribution is -0.123. The van der Waals surface area contributed by atoms with Crippen LogP contribution in [0.3, 0.4) is 0 Å². The number of rotatable bonds is 4. The van der Waals surface area contributed by atoms with Gasteiger partial charge in [-0.3, -0.25) is 9.69 Å². The van der Waals surface area contributed by atoms with Gasteiger partial charge in [-0.1, -0.05) is 19.3 Å². The summed E-state index contributed by atoms with van der Waals surface area (Å²) in [6, 6.07) is 2.52. The van der Waals surface area contributed by atoms with Crippen molar-refractivity contribution in [2.45, 2.75) is 57.0 Å². The zero-order valence-corrected chi connectivity index (χ0v) is 12.4. The molecule has 1 aliphatic heterocycles. The Bertz CT molecular complexity index is 382. The SMILES string of the molecule is CC(N)C1CCN(CC(=O)NC2(C#N)CCCCC2)C1. The van der Waals surface area contributed by atoms with E-state index in [9.17, 15) is 10.1 Å². The van der Waals surface area contributed by atoms with Crippen molar-refractivity contribution in [1.82, 2.24) is 10.2 Å². The van der Waals surface area contributed by atoms with Crippen LogP contribution in [0.5, 0.6) is 0 Å². The highest BCUT2D eigenvalue weighted by Crippen LogP contribution is 2.27. The molecule has 1 saturated carbocycles. The number of carbonyl (C=O) groups is 1. The first-order valence-electron chi connectivity index (χ1n) is 7.75. The fraction of sp³-hybridized carbons (Fsp3) is 0.867. The van der Waals surface area contributed by atoms with Crippen LogP contribution in [0.2, 0.25) is 0 Å². The van der Waals surface area contributed by atoms with Crippen LogP contribution in [0.4, 0.5) is 0 Å². The molecule has 1 aliphatic carbocycles. The summed E-state index contributed by atoms with van der Waals surface area (Å²) in [7, 11) is 0. The van der Waals surface area contributed by atoms with E-state index >= 15 is 0 Å². The van der Waals surface area contributed by atoms with Crippen LogP contribution in [0, 0.1) is 17.2 Å². The molecule has 1 saturated heterocycles. The van der Waals surface area contributed by atoms with Crippen LogP contribution in [0.25, 0.3) is 0 Å². The first-order chi connectivity index (χ1) is 9.54. The minimum absolute atomic E-state index is 0.0150. The van der Waals surface area contributed by atoms with Crippen molar-refractivity contribution in [3.63, 3.8) is 0 Å². The van der Waals surface area contributed by atoms with E-state index in [1.165, 1.54) is 6.42 Å². The minimum Gasteiger partial charge on any atom is -0.337 e. The summed E-state index contributed by atoms with van der Waals surface area (Å²) in [6.45, 7) is 4.25. The topological polar surface area (TPSA) is 82.2 Å². The van der Waals surface area contributed by atoms with Crippen molar-refractivity contribution < 1.29 is 4.79 Å². The van der Waals surface area contributed by atoms with Crippen molar-refractivity contribution >= 4 is 5.91 Å². The highest BCUT2D eigenvalue weighted by atomic mass is 16.2. The van der Waals surface area contributed by atoms with Crippen molar-refractivity contribution in [1.29, 1.82) is 5.26 Å². The first-order valence-corrected chi connectivity index (χ1v) is 7.75. The van der Waals surface area contributed by atoms with Gasteiger partial charge in [-0.2, -0.15) is 5.26 Å². The molecule has 5 heteroatoms. The van der Waals surface area contributed by atoms with Gasteiger partial charge in [0.25, 0.3) is 0 Å². The Labute approximate surface area is 121 Å². The fourth-order valence-electron chi connectivity index (χ4n) is 3.36. The van der Waals surface area contributed by atoms with E-state index in [1.807, 2.05) is 6.92 Å². The van der Waals surface area contributed by atoms with Crippen LogP contribution < -0.4 is 11.1 Å². The molecule has 0 radical (unpaired) electrons. The first kappa shape index (κ1) is 15.3. The zero-order valence-electron chi connectivity index (χ0n) is 12.4. The van der Waals surface area contributed by atoms with E-state index in [4.69, 9.17) is 5.73 Å². The molecule has 0 aromatic rings. The summed E-state index contributed by atoms with van der Waals surface area (Å²) in [5.74, 6) is 0.473. The van der Waals surface area contributed by atoms with E-state index < -0.39 is 5.54 Å². The molecule has 112 valence electrons. The molecule has 0 bridgehead atoms. The number of nitrogens with two attached hydrogens (primary N) is 1. The number of amides is 1. The molecular weight excluding hydrogens is 252 g/mol. The van der Waals surface area contributed by atoms with E-state index in [-0.39, 0.29) is 11.9 Å². The smallest absolute Gasteiger partial charge is 0.235 e. The molecule has 2 aliphatic rings. The van der Waals surface area contributed by atoms with Crippen LogP contribution in [0.15, 0.2) is 0 Å². The van der Waals surface area contributed by atoms with Crippen molar-refractivity contribution in [3.8, 4) is 6.07 Å². The zero-order chi connectivity index (χ0) is 14.6. The second kappa shape index (κ2) is 6.55. The Morgan fingerprint density at radius 2 is 2.20 bits per heavy atom. The largest absolute Gasteiger partial charge is 0.337 e. The average Bonchev–Trinajstić information content (AvgIpc) is 2.88. The normalized spacial score (nSPS) is 27.8. The Kier molecular flexibility index (Phi) is 5.00. The van der Waals surface area contributed by atoms with E-state index in [1.54, 1.807) is 0 Å². The Morgan fingerprint density at radius 1 is 1.50 bits per heavy atom. The lowest BCUT2D eigenvalue weighted by Crippen LogP contribution is -2.51. The third-order valence-corrected chi connectivity index (χ3v) is 4.72. The number of likely N-dealkylation sites (tertiary alicyclic amines) is 1. The number of hydrogen-bond acceptors (Lipinski definition) is 4. The molecule has 2 rings (SSSR count). The van der Waals surface area contributed by atoms with Crippen molar-refractivity contribution in [2.24, 2.45) is 11.7 Å². The standard InChI is InChI=1S/C15H26N4O/c1-12(17)13-5-8-19(9-13)10-14(20)18-15(11-16)6-3-2-4-7-15/h12-13H,2-10,17H2,1H3,(H,18,20). The maximum Gasteiger partial charge on any atom is 0.235 e. The van der Waals surface area contributed by atoms with Gasteiger partial charge in [0.1, 0.15) is 5.54 Å². The van der Waals surface area contributed by atoms with Gasteiger partial charge in [-0.25, -0.2) is 0 Å². The number of nitriles is 1. The van der Waals surface area contributed by atoms with Crippen LogP contribution in [-0.2, 0) is 4.79 Å². The van der Waals surface area contributed by atoms with Gasteiger partial charge >= 0.3 is 0 Å². The minimum atomic E-state index is -0.615.